The molecule has 21 heavy (non-hydrogen) atoms. The van der Waals surface area contributed by atoms with Crippen LogP contribution < -0.4 is 10.5 Å². The van der Waals surface area contributed by atoms with Crippen molar-refractivity contribution in [2.45, 2.75) is 37.6 Å². The highest BCUT2D eigenvalue weighted by molar-refractivity contribution is 7.89. The highest BCUT2D eigenvalue weighted by Gasteiger charge is 2.27. The molecule has 118 valence electrons. The zero-order valence-corrected chi connectivity index (χ0v) is 13.6. The summed E-state index contributed by atoms with van der Waals surface area (Å²) < 4.78 is 52.5. The van der Waals surface area contributed by atoms with Crippen LogP contribution in [0.15, 0.2) is 11.0 Å². The van der Waals surface area contributed by atoms with Gasteiger partial charge in [-0.1, -0.05) is 0 Å². The monoisotopic (exact) mass is 334 g/mol. The smallest absolute Gasteiger partial charge is 0.241 e. The average Bonchev–Trinajstić information content (AvgIpc) is 2.38. The number of sulfonamides is 1. The molecule has 0 aliphatic carbocycles. The van der Waals surface area contributed by atoms with Gasteiger partial charge in [0.1, 0.15) is 5.82 Å². The Morgan fingerprint density at radius 3 is 2.48 bits per heavy atom. The summed E-state index contributed by atoms with van der Waals surface area (Å²) in [6.07, 6.45) is 1.08. The van der Waals surface area contributed by atoms with Crippen LogP contribution in [-0.2, 0) is 20.8 Å². The average molecular weight is 334 g/mol. The Balaban J connectivity index is 2.32. The minimum absolute atomic E-state index is 0.0353. The van der Waals surface area contributed by atoms with E-state index >= 15 is 0 Å². The third kappa shape index (κ3) is 3.44. The van der Waals surface area contributed by atoms with Crippen LogP contribution in [0.4, 0.5) is 10.1 Å². The molecule has 1 fully saturated rings. The fourth-order valence-corrected chi connectivity index (χ4v) is 5.62. The number of anilines is 1. The quantitative estimate of drug-likeness (QED) is 0.813. The number of rotatable bonds is 3. The minimum atomic E-state index is -3.77. The first kappa shape index (κ1) is 16.4. The molecule has 8 heteroatoms. The molecule has 0 spiro atoms. The maximum Gasteiger partial charge on any atom is 0.241 e. The Morgan fingerprint density at radius 2 is 1.90 bits per heavy atom. The van der Waals surface area contributed by atoms with Gasteiger partial charge in [0.2, 0.25) is 10.0 Å². The van der Waals surface area contributed by atoms with E-state index in [9.17, 15) is 17.0 Å². The summed E-state index contributed by atoms with van der Waals surface area (Å²) in [5.41, 5.74) is 5.99. The van der Waals surface area contributed by atoms with Crippen LogP contribution in [0.25, 0.3) is 0 Å². The third-order valence-corrected chi connectivity index (χ3v) is 6.87. The molecular weight excluding hydrogens is 315 g/mol. The van der Waals surface area contributed by atoms with Crippen LogP contribution in [0.5, 0.6) is 0 Å². The second kappa shape index (κ2) is 6.02. The first-order chi connectivity index (χ1) is 9.72. The Bertz CT molecular complexity index is 679. The number of nitrogen functional groups attached to an aromatic ring is 1. The van der Waals surface area contributed by atoms with Crippen molar-refractivity contribution in [1.82, 2.24) is 4.72 Å². The van der Waals surface area contributed by atoms with E-state index in [1.54, 1.807) is 6.92 Å². The van der Waals surface area contributed by atoms with Gasteiger partial charge >= 0.3 is 0 Å². The van der Waals surface area contributed by atoms with Crippen LogP contribution >= 0.6 is 0 Å². The van der Waals surface area contributed by atoms with Gasteiger partial charge in [-0.25, -0.2) is 17.5 Å². The van der Waals surface area contributed by atoms with Gasteiger partial charge in [0.25, 0.3) is 0 Å². The van der Waals surface area contributed by atoms with Gasteiger partial charge in [0.15, 0.2) is 0 Å². The molecule has 0 amide bonds. The van der Waals surface area contributed by atoms with Crippen molar-refractivity contribution in [3.8, 4) is 0 Å². The summed E-state index contributed by atoms with van der Waals surface area (Å²) in [5, 5.41) is 0. The molecular formula is C13H19FN2O3S2. The van der Waals surface area contributed by atoms with E-state index in [0.717, 1.165) is 6.07 Å². The summed E-state index contributed by atoms with van der Waals surface area (Å²) in [7, 11) is -4.63. The second-order valence-corrected chi connectivity index (χ2v) is 8.63. The van der Waals surface area contributed by atoms with E-state index in [1.165, 1.54) is 6.92 Å². The number of halogens is 1. The van der Waals surface area contributed by atoms with Crippen molar-refractivity contribution in [2.75, 3.05) is 17.2 Å². The number of hydrogen-bond acceptors (Lipinski definition) is 4. The van der Waals surface area contributed by atoms with Crippen LogP contribution in [-0.4, -0.2) is 30.2 Å². The zero-order chi connectivity index (χ0) is 15.8. The molecule has 0 bridgehead atoms. The van der Waals surface area contributed by atoms with Crippen molar-refractivity contribution in [3.05, 3.63) is 23.0 Å². The van der Waals surface area contributed by atoms with Gasteiger partial charge in [0.05, 0.1) is 10.6 Å². The molecule has 1 aromatic rings. The minimum Gasteiger partial charge on any atom is -0.396 e. The van der Waals surface area contributed by atoms with Crippen molar-refractivity contribution >= 4 is 26.5 Å². The van der Waals surface area contributed by atoms with E-state index < -0.39 is 26.6 Å². The van der Waals surface area contributed by atoms with E-state index in [1.807, 2.05) is 0 Å². The van der Waals surface area contributed by atoms with E-state index in [0.29, 0.717) is 29.9 Å². The predicted molar refractivity (Wildman–Crippen MR) is 81.5 cm³/mol. The molecule has 1 saturated heterocycles. The topological polar surface area (TPSA) is 89.3 Å². The summed E-state index contributed by atoms with van der Waals surface area (Å²) in [6, 6.07) is 0.894. The van der Waals surface area contributed by atoms with E-state index in [4.69, 9.17) is 5.73 Å². The van der Waals surface area contributed by atoms with Gasteiger partial charge in [-0.3, -0.25) is 4.21 Å². The Morgan fingerprint density at radius 1 is 1.33 bits per heavy atom. The zero-order valence-electron chi connectivity index (χ0n) is 12.0. The first-order valence-corrected chi connectivity index (χ1v) is 9.62. The Labute approximate surface area is 126 Å². The number of hydrogen-bond donors (Lipinski definition) is 2. The molecule has 3 N–H and O–H groups in total. The molecule has 1 aliphatic heterocycles. The van der Waals surface area contributed by atoms with Crippen molar-refractivity contribution in [1.29, 1.82) is 0 Å². The fourth-order valence-electron chi connectivity index (χ4n) is 2.53. The molecule has 0 radical (unpaired) electrons. The van der Waals surface area contributed by atoms with Gasteiger partial charge in [0, 0.05) is 28.3 Å². The van der Waals surface area contributed by atoms with Crippen LogP contribution in [0, 0.1) is 19.7 Å². The maximum atomic E-state index is 13.5. The standard InChI is InChI=1S/C13H19FN2O3S2/c1-8-7-11(14)12(15)9(2)13(8)21(18,19)16-10-3-5-20(17)6-4-10/h7,10,16H,3-6,15H2,1-2H3. The summed E-state index contributed by atoms with van der Waals surface area (Å²) in [5.74, 6) is 0.380. The normalized spacial score (nSPS) is 23.2. The fraction of sp³-hybridized carbons (Fsp3) is 0.538. The lowest BCUT2D eigenvalue weighted by atomic mass is 10.1. The molecule has 1 aromatic carbocycles. The predicted octanol–water partition coefficient (Wildman–Crippen LogP) is 1.21. The summed E-state index contributed by atoms with van der Waals surface area (Å²) >= 11 is 0. The van der Waals surface area contributed by atoms with Gasteiger partial charge in [-0.2, -0.15) is 0 Å². The maximum absolute atomic E-state index is 13.5. The van der Waals surface area contributed by atoms with Gasteiger partial charge in [-0.15, -0.1) is 0 Å². The molecule has 2 rings (SSSR count). The largest absolute Gasteiger partial charge is 0.396 e. The molecule has 0 atom stereocenters. The molecule has 5 nitrogen and oxygen atoms in total. The summed E-state index contributed by atoms with van der Waals surface area (Å²) in [6.45, 7) is 3.04. The first-order valence-electron chi connectivity index (χ1n) is 6.65. The molecule has 1 aliphatic rings. The van der Waals surface area contributed by atoms with E-state index in [2.05, 4.69) is 4.72 Å². The molecule has 1 heterocycles. The van der Waals surface area contributed by atoms with Crippen LogP contribution in [0.3, 0.4) is 0 Å². The highest BCUT2D eigenvalue weighted by Crippen LogP contribution is 2.28. The van der Waals surface area contributed by atoms with Gasteiger partial charge < -0.3 is 5.73 Å². The number of nitrogens with one attached hydrogen (secondary N) is 1. The van der Waals surface area contributed by atoms with Crippen LogP contribution in [0.2, 0.25) is 0 Å². The summed E-state index contributed by atoms with van der Waals surface area (Å²) in [4.78, 5) is 0.0353. The lowest BCUT2D eigenvalue weighted by Gasteiger charge is -2.23. The highest BCUT2D eigenvalue weighted by atomic mass is 32.2. The Hall–Kier alpha value is -0.990. The lowest BCUT2D eigenvalue weighted by molar-refractivity contribution is 0.521. The SMILES string of the molecule is Cc1cc(F)c(N)c(C)c1S(=O)(=O)NC1CCS(=O)CC1. The van der Waals surface area contributed by atoms with Gasteiger partial charge in [-0.05, 0) is 43.9 Å². The van der Waals surface area contributed by atoms with Crippen LogP contribution in [0.1, 0.15) is 24.0 Å². The number of aryl methyl sites for hydroxylation is 1. The Kier molecular flexibility index (Phi) is 4.69. The van der Waals surface area contributed by atoms with Crippen molar-refractivity contribution in [2.24, 2.45) is 0 Å². The van der Waals surface area contributed by atoms with Crippen molar-refractivity contribution < 1.29 is 17.0 Å². The molecule has 0 aromatic heterocycles. The second-order valence-electron chi connectivity index (χ2n) is 5.29. The number of nitrogens with two attached hydrogens (primary N) is 1. The molecule has 0 unspecified atom stereocenters. The lowest BCUT2D eigenvalue weighted by Crippen LogP contribution is -2.40. The van der Waals surface area contributed by atoms with E-state index in [-0.39, 0.29) is 22.2 Å². The molecule has 0 saturated carbocycles. The van der Waals surface area contributed by atoms with Crippen molar-refractivity contribution in [3.63, 3.8) is 0 Å². The third-order valence-electron chi connectivity index (χ3n) is 3.68. The number of benzene rings is 1.